The third kappa shape index (κ3) is 4.40. The molecule has 5 heteroatoms. The number of hydrogen-bond donors (Lipinski definition) is 2. The Morgan fingerprint density at radius 2 is 1.83 bits per heavy atom. The van der Waals surface area contributed by atoms with Crippen LogP contribution in [0.1, 0.15) is 32.3 Å². The average Bonchev–Trinajstić information content (AvgIpc) is 2.37. The monoisotopic (exact) mass is 270 g/mol. The molecule has 1 aromatic rings. The van der Waals surface area contributed by atoms with Gasteiger partial charge in [0.2, 0.25) is 10.0 Å². The minimum Gasteiger partial charge on any atom is -0.327 e. The first kappa shape index (κ1) is 15.1. The molecule has 0 saturated carbocycles. The maximum atomic E-state index is 11.8. The first-order valence-electron chi connectivity index (χ1n) is 6.33. The van der Waals surface area contributed by atoms with E-state index in [1.165, 1.54) is 0 Å². The summed E-state index contributed by atoms with van der Waals surface area (Å²) in [5, 5.41) is 0. The van der Waals surface area contributed by atoms with Crippen molar-refractivity contribution in [3.8, 4) is 0 Å². The maximum absolute atomic E-state index is 11.8. The van der Waals surface area contributed by atoms with Crippen LogP contribution in [0, 0.1) is 0 Å². The molecule has 0 aliphatic carbocycles. The number of sulfonamides is 1. The van der Waals surface area contributed by atoms with Crippen LogP contribution < -0.4 is 10.5 Å². The van der Waals surface area contributed by atoms with Gasteiger partial charge in [-0.05, 0) is 37.0 Å². The van der Waals surface area contributed by atoms with Gasteiger partial charge < -0.3 is 5.73 Å². The summed E-state index contributed by atoms with van der Waals surface area (Å²) in [5.41, 5.74) is 6.93. The molecule has 0 spiro atoms. The Balaban J connectivity index is 2.76. The van der Waals surface area contributed by atoms with Crippen molar-refractivity contribution in [1.82, 2.24) is 4.72 Å². The van der Waals surface area contributed by atoms with Gasteiger partial charge in [-0.2, -0.15) is 0 Å². The fourth-order valence-electron chi connectivity index (χ4n) is 1.57. The molecule has 0 amide bonds. The molecular formula is C13H22N2O2S. The van der Waals surface area contributed by atoms with Gasteiger partial charge in [-0.15, -0.1) is 0 Å². The van der Waals surface area contributed by atoms with E-state index in [0.29, 0.717) is 11.4 Å². The minimum atomic E-state index is -3.35. The minimum absolute atomic E-state index is 0.130. The van der Waals surface area contributed by atoms with Gasteiger partial charge in [0.05, 0.1) is 4.90 Å². The second-order valence-electron chi connectivity index (χ2n) is 4.41. The lowest BCUT2D eigenvalue weighted by Crippen LogP contribution is -2.24. The lowest BCUT2D eigenvalue weighted by atomic mass is 10.1. The molecule has 0 bridgehead atoms. The highest BCUT2D eigenvalue weighted by atomic mass is 32.2. The molecule has 4 nitrogen and oxygen atoms in total. The molecule has 3 N–H and O–H groups in total. The molecule has 0 radical (unpaired) electrons. The van der Waals surface area contributed by atoms with E-state index >= 15 is 0 Å². The highest BCUT2D eigenvalue weighted by Gasteiger charge is 2.12. The maximum Gasteiger partial charge on any atom is 0.240 e. The SMILES string of the molecule is CCCNS(=O)(=O)c1ccc(CC(N)CC)cc1. The number of rotatable bonds is 7. The Morgan fingerprint density at radius 3 is 2.33 bits per heavy atom. The van der Waals surface area contributed by atoms with Crippen molar-refractivity contribution in [3.63, 3.8) is 0 Å². The predicted octanol–water partition coefficient (Wildman–Crippen LogP) is 1.65. The van der Waals surface area contributed by atoms with Crippen molar-refractivity contribution >= 4 is 10.0 Å². The van der Waals surface area contributed by atoms with E-state index in [9.17, 15) is 8.42 Å². The van der Waals surface area contributed by atoms with Crippen LogP contribution in [0.15, 0.2) is 29.2 Å². The Labute approximate surface area is 110 Å². The summed E-state index contributed by atoms with van der Waals surface area (Å²) in [6.07, 6.45) is 2.47. The van der Waals surface area contributed by atoms with Crippen LogP contribution in [0.2, 0.25) is 0 Å². The Kier molecular flexibility index (Phi) is 5.78. The van der Waals surface area contributed by atoms with Crippen molar-refractivity contribution in [2.24, 2.45) is 5.73 Å². The third-order valence-corrected chi connectivity index (χ3v) is 4.27. The lowest BCUT2D eigenvalue weighted by Gasteiger charge is -2.10. The summed E-state index contributed by atoms with van der Waals surface area (Å²) >= 11 is 0. The summed E-state index contributed by atoms with van der Waals surface area (Å²) in [6.45, 7) is 4.43. The zero-order chi connectivity index (χ0) is 13.6. The molecule has 0 aromatic heterocycles. The molecule has 1 atom stereocenters. The van der Waals surface area contributed by atoms with Gasteiger partial charge >= 0.3 is 0 Å². The molecule has 1 aromatic carbocycles. The van der Waals surface area contributed by atoms with Crippen LogP contribution in [0.25, 0.3) is 0 Å². The van der Waals surface area contributed by atoms with E-state index in [1.54, 1.807) is 12.1 Å². The first-order chi connectivity index (χ1) is 8.49. The summed E-state index contributed by atoms with van der Waals surface area (Å²) in [7, 11) is -3.35. The standard InChI is InChI=1S/C13H22N2O2S/c1-3-9-15-18(16,17)13-7-5-11(6-8-13)10-12(14)4-2/h5-8,12,15H,3-4,9-10,14H2,1-2H3. The molecule has 18 heavy (non-hydrogen) atoms. The molecule has 0 saturated heterocycles. The van der Waals surface area contributed by atoms with E-state index in [-0.39, 0.29) is 6.04 Å². The Bertz CT molecular complexity index is 454. The molecular weight excluding hydrogens is 248 g/mol. The van der Waals surface area contributed by atoms with Crippen LogP contribution in [0.3, 0.4) is 0 Å². The summed E-state index contributed by atoms with van der Waals surface area (Å²) in [6, 6.07) is 7.06. The quantitative estimate of drug-likeness (QED) is 0.791. The van der Waals surface area contributed by atoms with E-state index in [1.807, 2.05) is 26.0 Å². The molecule has 1 unspecified atom stereocenters. The summed E-state index contributed by atoms with van der Waals surface area (Å²) in [5.74, 6) is 0. The predicted molar refractivity (Wildman–Crippen MR) is 73.9 cm³/mol. The number of benzene rings is 1. The molecule has 0 aliphatic rings. The fourth-order valence-corrected chi connectivity index (χ4v) is 2.71. The highest BCUT2D eigenvalue weighted by molar-refractivity contribution is 7.89. The van der Waals surface area contributed by atoms with Gasteiger partial charge in [-0.25, -0.2) is 13.1 Å². The zero-order valence-electron chi connectivity index (χ0n) is 11.0. The lowest BCUT2D eigenvalue weighted by molar-refractivity contribution is 0.580. The van der Waals surface area contributed by atoms with E-state index in [0.717, 1.165) is 24.8 Å². The van der Waals surface area contributed by atoms with Crippen molar-refractivity contribution < 1.29 is 8.42 Å². The van der Waals surface area contributed by atoms with E-state index in [4.69, 9.17) is 5.73 Å². The summed E-state index contributed by atoms with van der Waals surface area (Å²) in [4.78, 5) is 0.310. The van der Waals surface area contributed by atoms with Crippen LogP contribution >= 0.6 is 0 Å². The van der Waals surface area contributed by atoms with Gasteiger partial charge in [-0.3, -0.25) is 0 Å². The normalized spacial score (nSPS) is 13.5. The van der Waals surface area contributed by atoms with Crippen LogP contribution in [-0.2, 0) is 16.4 Å². The number of hydrogen-bond acceptors (Lipinski definition) is 3. The van der Waals surface area contributed by atoms with Gasteiger partial charge in [-0.1, -0.05) is 26.0 Å². The van der Waals surface area contributed by atoms with Crippen molar-refractivity contribution in [3.05, 3.63) is 29.8 Å². The Hall–Kier alpha value is -0.910. The second kappa shape index (κ2) is 6.87. The molecule has 102 valence electrons. The van der Waals surface area contributed by atoms with Crippen molar-refractivity contribution in [2.75, 3.05) is 6.54 Å². The number of nitrogens with two attached hydrogens (primary N) is 1. The first-order valence-corrected chi connectivity index (χ1v) is 7.82. The molecule has 0 heterocycles. The van der Waals surface area contributed by atoms with Crippen molar-refractivity contribution in [2.45, 2.75) is 44.0 Å². The van der Waals surface area contributed by atoms with Gasteiger partial charge in [0.15, 0.2) is 0 Å². The Morgan fingerprint density at radius 1 is 1.22 bits per heavy atom. The zero-order valence-corrected chi connectivity index (χ0v) is 11.8. The fraction of sp³-hybridized carbons (Fsp3) is 0.538. The van der Waals surface area contributed by atoms with Gasteiger partial charge in [0.1, 0.15) is 0 Å². The topological polar surface area (TPSA) is 72.2 Å². The highest BCUT2D eigenvalue weighted by Crippen LogP contribution is 2.12. The van der Waals surface area contributed by atoms with E-state index < -0.39 is 10.0 Å². The molecule has 0 fully saturated rings. The third-order valence-electron chi connectivity index (χ3n) is 2.80. The van der Waals surface area contributed by atoms with Crippen LogP contribution in [0.5, 0.6) is 0 Å². The van der Waals surface area contributed by atoms with Crippen LogP contribution in [-0.4, -0.2) is 21.0 Å². The summed E-state index contributed by atoms with van der Waals surface area (Å²) < 4.78 is 26.2. The van der Waals surface area contributed by atoms with Gasteiger partial charge in [0, 0.05) is 12.6 Å². The second-order valence-corrected chi connectivity index (χ2v) is 6.18. The largest absolute Gasteiger partial charge is 0.327 e. The molecule has 0 aliphatic heterocycles. The smallest absolute Gasteiger partial charge is 0.240 e. The molecule has 1 rings (SSSR count). The average molecular weight is 270 g/mol. The van der Waals surface area contributed by atoms with Crippen LogP contribution in [0.4, 0.5) is 0 Å². The number of nitrogens with one attached hydrogen (secondary N) is 1. The van der Waals surface area contributed by atoms with Crippen molar-refractivity contribution in [1.29, 1.82) is 0 Å². The van der Waals surface area contributed by atoms with Gasteiger partial charge in [0.25, 0.3) is 0 Å². The van der Waals surface area contributed by atoms with E-state index in [2.05, 4.69) is 4.72 Å².